The van der Waals surface area contributed by atoms with Crippen LogP contribution in [0.5, 0.6) is 5.88 Å². The molecule has 0 saturated carbocycles. The molecule has 1 N–H and O–H groups in total. The number of hydrogen-bond donors (Lipinski definition) is 1. The lowest BCUT2D eigenvalue weighted by Crippen LogP contribution is -2.07. The van der Waals surface area contributed by atoms with Gasteiger partial charge in [-0.05, 0) is 6.07 Å². The zero-order chi connectivity index (χ0) is 13.8. The van der Waals surface area contributed by atoms with Crippen molar-refractivity contribution in [1.29, 1.82) is 0 Å². The van der Waals surface area contributed by atoms with Gasteiger partial charge in [0.05, 0.1) is 23.7 Å². The molecule has 0 unspecified atom stereocenters. The van der Waals surface area contributed by atoms with Gasteiger partial charge in [0, 0.05) is 13.1 Å². The summed E-state index contributed by atoms with van der Waals surface area (Å²) in [4.78, 5) is 3.76. The summed E-state index contributed by atoms with van der Waals surface area (Å²) in [6.07, 6.45) is 2.51. The number of ether oxygens (including phenoxy) is 1. The predicted octanol–water partition coefficient (Wildman–Crippen LogP) is 1.91. The van der Waals surface area contributed by atoms with Crippen molar-refractivity contribution in [2.24, 2.45) is 12.2 Å². The average molecular weight is 285 g/mol. The van der Waals surface area contributed by atoms with Gasteiger partial charge in [0.1, 0.15) is 12.4 Å². The van der Waals surface area contributed by atoms with Crippen molar-refractivity contribution in [2.45, 2.75) is 6.61 Å². The van der Waals surface area contributed by atoms with Gasteiger partial charge in [-0.15, -0.1) is 0 Å². The summed E-state index contributed by atoms with van der Waals surface area (Å²) in [5.74, 6) is -0.172. The topological polar surface area (TPSA) is 72.5 Å². The van der Waals surface area contributed by atoms with Crippen LogP contribution in [-0.4, -0.2) is 25.1 Å². The molecule has 0 fully saturated rings. The molecular formula is C11H10ClFN4O2. The van der Waals surface area contributed by atoms with Crippen molar-refractivity contribution < 1.29 is 14.3 Å². The standard InChI is InChI=1S/C11H10ClFN4O2/c1-17-9(8(5-15-17)11(12)16-18)6-19-10-3-2-7(13)4-14-10/h2-5,18H,6H2,1H3. The number of aryl methyl sites for hydroxylation is 1. The third-order valence-corrected chi connectivity index (χ3v) is 2.71. The van der Waals surface area contributed by atoms with Gasteiger partial charge in [-0.25, -0.2) is 9.37 Å². The van der Waals surface area contributed by atoms with Crippen LogP contribution in [0.2, 0.25) is 0 Å². The zero-order valence-electron chi connectivity index (χ0n) is 9.92. The predicted molar refractivity (Wildman–Crippen MR) is 65.9 cm³/mol. The summed E-state index contributed by atoms with van der Waals surface area (Å²) in [5.41, 5.74) is 1.06. The maximum atomic E-state index is 12.7. The lowest BCUT2D eigenvalue weighted by Gasteiger charge is -2.07. The highest BCUT2D eigenvalue weighted by Crippen LogP contribution is 2.15. The molecule has 6 nitrogen and oxygen atoms in total. The van der Waals surface area contributed by atoms with Crippen LogP contribution in [0.25, 0.3) is 0 Å². The van der Waals surface area contributed by atoms with E-state index in [0.29, 0.717) is 11.3 Å². The van der Waals surface area contributed by atoms with E-state index in [-0.39, 0.29) is 17.7 Å². The summed E-state index contributed by atoms with van der Waals surface area (Å²) in [6, 6.07) is 2.65. The minimum Gasteiger partial charge on any atom is -0.471 e. The fourth-order valence-electron chi connectivity index (χ4n) is 1.45. The Balaban J connectivity index is 2.15. The van der Waals surface area contributed by atoms with E-state index < -0.39 is 5.82 Å². The van der Waals surface area contributed by atoms with Crippen LogP contribution in [0.1, 0.15) is 11.3 Å². The van der Waals surface area contributed by atoms with Crippen LogP contribution in [0.4, 0.5) is 4.39 Å². The molecule has 2 rings (SSSR count). The van der Waals surface area contributed by atoms with Gasteiger partial charge >= 0.3 is 0 Å². The van der Waals surface area contributed by atoms with Crippen molar-refractivity contribution >= 4 is 16.8 Å². The number of hydrogen-bond acceptors (Lipinski definition) is 5. The van der Waals surface area contributed by atoms with E-state index in [1.807, 2.05) is 0 Å². The molecule has 0 aliphatic carbocycles. The Morgan fingerprint density at radius 1 is 1.53 bits per heavy atom. The summed E-state index contributed by atoms with van der Waals surface area (Å²) in [7, 11) is 1.70. The minimum absolute atomic E-state index is 0.0845. The van der Waals surface area contributed by atoms with Gasteiger partial charge in [0.15, 0.2) is 5.17 Å². The lowest BCUT2D eigenvalue weighted by molar-refractivity contribution is 0.282. The lowest BCUT2D eigenvalue weighted by atomic mass is 10.3. The number of halogens is 2. The quantitative estimate of drug-likeness (QED) is 0.529. The van der Waals surface area contributed by atoms with Crippen LogP contribution >= 0.6 is 11.6 Å². The number of aromatic nitrogens is 3. The fourth-order valence-corrected chi connectivity index (χ4v) is 1.61. The molecule has 2 heterocycles. The first-order valence-corrected chi connectivity index (χ1v) is 5.62. The van der Waals surface area contributed by atoms with Crippen LogP contribution in [0.3, 0.4) is 0 Å². The summed E-state index contributed by atoms with van der Waals surface area (Å²) >= 11 is 5.74. The molecule has 100 valence electrons. The van der Waals surface area contributed by atoms with E-state index in [2.05, 4.69) is 15.2 Å². The summed E-state index contributed by atoms with van der Waals surface area (Å²) < 4.78 is 19.6. The zero-order valence-corrected chi connectivity index (χ0v) is 10.7. The van der Waals surface area contributed by atoms with Crippen molar-refractivity contribution in [2.75, 3.05) is 0 Å². The molecule has 19 heavy (non-hydrogen) atoms. The molecule has 2 aromatic rings. The van der Waals surface area contributed by atoms with Crippen LogP contribution < -0.4 is 4.74 Å². The first-order valence-electron chi connectivity index (χ1n) is 5.25. The van der Waals surface area contributed by atoms with Crippen LogP contribution in [0.15, 0.2) is 29.7 Å². The minimum atomic E-state index is -0.441. The molecule has 0 spiro atoms. The Labute approximate surface area is 113 Å². The third kappa shape index (κ3) is 3.00. The fraction of sp³-hybridized carbons (Fsp3) is 0.182. The Kier molecular flexibility index (Phi) is 3.96. The maximum Gasteiger partial charge on any atom is 0.213 e. The van der Waals surface area contributed by atoms with Crippen molar-refractivity contribution in [3.05, 3.63) is 41.6 Å². The summed E-state index contributed by atoms with van der Waals surface area (Å²) in [5, 5.41) is 15.5. The van der Waals surface area contributed by atoms with E-state index in [0.717, 1.165) is 6.20 Å². The molecule has 0 amide bonds. The first kappa shape index (κ1) is 13.3. The number of nitrogens with zero attached hydrogens (tertiary/aromatic N) is 4. The van der Waals surface area contributed by atoms with Crippen LogP contribution in [0, 0.1) is 5.82 Å². The maximum absolute atomic E-state index is 12.7. The molecule has 0 saturated heterocycles. The molecular weight excluding hydrogens is 275 g/mol. The van der Waals surface area contributed by atoms with E-state index >= 15 is 0 Å². The Morgan fingerprint density at radius 3 is 2.95 bits per heavy atom. The van der Waals surface area contributed by atoms with Gasteiger partial charge in [-0.2, -0.15) is 5.10 Å². The SMILES string of the molecule is Cn1ncc(C(Cl)=NO)c1COc1ccc(F)cn1. The van der Waals surface area contributed by atoms with Gasteiger partial charge in [0.2, 0.25) is 5.88 Å². The molecule has 0 bridgehead atoms. The van der Waals surface area contributed by atoms with Crippen molar-refractivity contribution in [1.82, 2.24) is 14.8 Å². The van der Waals surface area contributed by atoms with Gasteiger partial charge in [0.25, 0.3) is 0 Å². The van der Waals surface area contributed by atoms with E-state index in [9.17, 15) is 4.39 Å². The molecule has 0 radical (unpaired) electrons. The van der Waals surface area contributed by atoms with E-state index in [1.165, 1.54) is 23.0 Å². The molecule has 0 atom stereocenters. The Morgan fingerprint density at radius 2 is 2.32 bits per heavy atom. The molecule has 0 aliphatic rings. The second kappa shape index (κ2) is 5.66. The van der Waals surface area contributed by atoms with Crippen LogP contribution in [-0.2, 0) is 13.7 Å². The molecule has 2 aromatic heterocycles. The van der Waals surface area contributed by atoms with Crippen molar-refractivity contribution in [3.8, 4) is 5.88 Å². The second-order valence-corrected chi connectivity index (χ2v) is 3.98. The number of rotatable bonds is 4. The smallest absolute Gasteiger partial charge is 0.213 e. The molecule has 0 aliphatic heterocycles. The van der Waals surface area contributed by atoms with Gasteiger partial charge in [-0.1, -0.05) is 16.8 Å². The van der Waals surface area contributed by atoms with Gasteiger partial charge < -0.3 is 9.94 Å². The van der Waals surface area contributed by atoms with E-state index in [4.69, 9.17) is 21.5 Å². The van der Waals surface area contributed by atoms with E-state index in [1.54, 1.807) is 7.05 Å². The monoisotopic (exact) mass is 284 g/mol. The molecule has 0 aromatic carbocycles. The second-order valence-electron chi connectivity index (χ2n) is 3.62. The summed E-state index contributed by atoms with van der Waals surface area (Å²) in [6.45, 7) is 0.107. The van der Waals surface area contributed by atoms with Crippen molar-refractivity contribution in [3.63, 3.8) is 0 Å². The molecule has 8 heteroatoms. The Bertz CT molecular complexity index is 597. The van der Waals surface area contributed by atoms with Gasteiger partial charge in [-0.3, -0.25) is 4.68 Å². The largest absolute Gasteiger partial charge is 0.471 e. The highest BCUT2D eigenvalue weighted by atomic mass is 35.5. The third-order valence-electron chi connectivity index (χ3n) is 2.43. The average Bonchev–Trinajstić information content (AvgIpc) is 2.78. The number of oxime groups is 1. The highest BCUT2D eigenvalue weighted by molar-refractivity contribution is 6.69. The Hall–Kier alpha value is -2.15. The first-order chi connectivity index (χ1) is 9.11. The highest BCUT2D eigenvalue weighted by Gasteiger charge is 2.14. The normalized spacial score (nSPS) is 11.6. The number of pyridine rings is 1.